The number of aliphatic carboxylic acids is 1. The quantitative estimate of drug-likeness (QED) is 0.787. The van der Waals surface area contributed by atoms with Crippen molar-refractivity contribution in [3.63, 3.8) is 0 Å². The lowest BCUT2D eigenvalue weighted by Crippen LogP contribution is -2.46. The molecule has 0 aromatic carbocycles. The molecule has 2 N–H and O–H groups in total. The van der Waals surface area contributed by atoms with E-state index in [1.165, 1.54) is 36.3 Å². The van der Waals surface area contributed by atoms with Gasteiger partial charge in [-0.2, -0.15) is 0 Å². The van der Waals surface area contributed by atoms with Crippen LogP contribution in [-0.4, -0.2) is 51.9 Å². The summed E-state index contributed by atoms with van der Waals surface area (Å²) in [7, 11) is 0. The third kappa shape index (κ3) is 4.80. The summed E-state index contributed by atoms with van der Waals surface area (Å²) >= 11 is 1.26. The number of rotatable bonds is 7. The third-order valence-electron chi connectivity index (χ3n) is 3.04. The third-order valence-corrected chi connectivity index (χ3v) is 4.33. The molecule has 0 saturated heterocycles. The lowest BCUT2D eigenvalue weighted by atomic mass is 10.2. The number of carbonyl (C=O) groups is 3. The molecule has 22 heavy (non-hydrogen) atoms. The number of nitrogens with zero attached hydrogens (tertiary/aromatic N) is 2. The number of amides is 2. The number of carboxylic acid groups (broad SMARTS) is 1. The maximum absolute atomic E-state index is 12.5. The zero-order valence-corrected chi connectivity index (χ0v) is 13.9. The Morgan fingerprint density at radius 2 is 2.00 bits per heavy atom. The van der Waals surface area contributed by atoms with Gasteiger partial charge in [-0.05, 0) is 6.92 Å². The van der Waals surface area contributed by atoms with Crippen molar-refractivity contribution in [1.82, 2.24) is 15.2 Å². The van der Waals surface area contributed by atoms with E-state index in [4.69, 9.17) is 5.11 Å². The lowest BCUT2D eigenvalue weighted by Gasteiger charge is -2.26. The maximum Gasteiger partial charge on any atom is 0.326 e. The highest BCUT2D eigenvalue weighted by Gasteiger charge is 2.27. The molecule has 1 rings (SSSR count). The summed E-state index contributed by atoms with van der Waals surface area (Å²) in [5.74, 6) is -1.50. The maximum atomic E-state index is 12.5. The van der Waals surface area contributed by atoms with Gasteiger partial charge in [0.15, 0.2) is 0 Å². The molecule has 0 spiro atoms. The molecule has 1 atom stereocenters. The van der Waals surface area contributed by atoms with Gasteiger partial charge in [0.05, 0.1) is 11.2 Å². The highest BCUT2D eigenvalue weighted by atomic mass is 32.1. The van der Waals surface area contributed by atoms with Gasteiger partial charge in [-0.15, -0.1) is 11.3 Å². The lowest BCUT2D eigenvalue weighted by molar-refractivity contribution is -0.141. The molecule has 1 aromatic heterocycles. The molecule has 1 heterocycles. The number of hydrogen-bond acceptors (Lipinski definition) is 5. The minimum atomic E-state index is -1.09. The van der Waals surface area contributed by atoms with Crippen molar-refractivity contribution in [2.75, 3.05) is 13.1 Å². The molecule has 0 radical (unpaired) electrons. The van der Waals surface area contributed by atoms with E-state index in [0.29, 0.717) is 4.88 Å². The Bertz CT molecular complexity index is 556. The van der Waals surface area contributed by atoms with E-state index in [9.17, 15) is 14.4 Å². The van der Waals surface area contributed by atoms with Gasteiger partial charge in [-0.1, -0.05) is 13.8 Å². The average Bonchev–Trinajstić information content (AvgIpc) is 2.91. The molecule has 0 saturated carbocycles. The Morgan fingerprint density at radius 3 is 2.45 bits per heavy atom. The van der Waals surface area contributed by atoms with Gasteiger partial charge in [0.25, 0.3) is 5.91 Å². The van der Waals surface area contributed by atoms with Crippen molar-refractivity contribution in [2.24, 2.45) is 0 Å². The number of carbonyl (C=O) groups excluding carboxylic acids is 2. The van der Waals surface area contributed by atoms with E-state index in [2.05, 4.69) is 10.3 Å². The molecule has 1 unspecified atom stereocenters. The Hall–Kier alpha value is -1.96. The fraction of sp³-hybridized carbons (Fsp3) is 0.571. The number of thiazole rings is 1. The molecule has 0 fully saturated rings. The SMILES string of the molecule is CC(=O)NCCN(C(=O)c1cnc(C(C)C)s1)C(C)C(=O)O. The Labute approximate surface area is 133 Å². The summed E-state index contributed by atoms with van der Waals surface area (Å²) in [5.41, 5.74) is 0. The first kappa shape index (κ1) is 18.1. The molecular weight excluding hydrogens is 306 g/mol. The summed E-state index contributed by atoms with van der Waals surface area (Å²) in [6, 6.07) is -0.981. The first-order chi connectivity index (χ1) is 10.2. The molecule has 7 nitrogen and oxygen atoms in total. The van der Waals surface area contributed by atoms with Crippen molar-refractivity contribution in [3.8, 4) is 0 Å². The van der Waals surface area contributed by atoms with E-state index < -0.39 is 12.0 Å². The molecule has 8 heteroatoms. The van der Waals surface area contributed by atoms with E-state index in [1.807, 2.05) is 13.8 Å². The molecule has 2 amide bonds. The standard InChI is InChI=1S/C14H21N3O4S/c1-8(2)12-16-7-11(22-12)13(19)17(9(3)14(20)21)6-5-15-10(4)18/h7-9H,5-6H2,1-4H3,(H,15,18)(H,20,21). The van der Waals surface area contributed by atoms with E-state index >= 15 is 0 Å². The predicted octanol–water partition coefficient (Wildman–Crippen LogP) is 1.32. The second-order valence-electron chi connectivity index (χ2n) is 5.21. The number of hydrogen-bond donors (Lipinski definition) is 2. The molecule has 122 valence electrons. The highest BCUT2D eigenvalue weighted by molar-refractivity contribution is 7.13. The van der Waals surface area contributed by atoms with Gasteiger partial charge in [0, 0.05) is 25.9 Å². The fourth-order valence-electron chi connectivity index (χ4n) is 1.75. The van der Waals surface area contributed by atoms with Crippen LogP contribution in [0.1, 0.15) is 48.3 Å². The zero-order valence-electron chi connectivity index (χ0n) is 13.1. The Balaban J connectivity index is 2.90. The molecule has 0 aliphatic rings. The second kappa shape index (κ2) is 7.88. The number of aromatic nitrogens is 1. The summed E-state index contributed by atoms with van der Waals surface area (Å²) < 4.78 is 0. The highest BCUT2D eigenvalue weighted by Crippen LogP contribution is 2.22. The van der Waals surface area contributed by atoms with Crippen LogP contribution in [0.4, 0.5) is 0 Å². The van der Waals surface area contributed by atoms with Gasteiger partial charge >= 0.3 is 5.97 Å². The van der Waals surface area contributed by atoms with E-state index in [1.54, 1.807) is 0 Å². The summed E-state index contributed by atoms with van der Waals surface area (Å²) in [4.78, 5) is 40.4. The smallest absolute Gasteiger partial charge is 0.326 e. The van der Waals surface area contributed by atoms with Crippen molar-refractivity contribution in [1.29, 1.82) is 0 Å². The first-order valence-electron chi connectivity index (χ1n) is 6.98. The van der Waals surface area contributed by atoms with Gasteiger partial charge in [0.2, 0.25) is 5.91 Å². The van der Waals surface area contributed by atoms with E-state index in [0.717, 1.165) is 5.01 Å². The van der Waals surface area contributed by atoms with Crippen molar-refractivity contribution < 1.29 is 19.5 Å². The van der Waals surface area contributed by atoms with Gasteiger partial charge in [-0.25, -0.2) is 9.78 Å². The van der Waals surface area contributed by atoms with Crippen LogP contribution >= 0.6 is 11.3 Å². The van der Waals surface area contributed by atoms with Crippen LogP contribution < -0.4 is 5.32 Å². The minimum absolute atomic E-state index is 0.126. The van der Waals surface area contributed by atoms with Crippen LogP contribution in [0.15, 0.2) is 6.20 Å². The largest absolute Gasteiger partial charge is 0.480 e. The van der Waals surface area contributed by atoms with Crippen LogP contribution in [0.5, 0.6) is 0 Å². The summed E-state index contributed by atoms with van der Waals surface area (Å²) in [5, 5.41) is 12.5. The predicted molar refractivity (Wildman–Crippen MR) is 83.0 cm³/mol. The van der Waals surface area contributed by atoms with Crippen LogP contribution in [0, 0.1) is 0 Å². The van der Waals surface area contributed by atoms with E-state index in [-0.39, 0.29) is 30.8 Å². The number of nitrogens with one attached hydrogen (secondary N) is 1. The molecule has 1 aromatic rings. The van der Waals surface area contributed by atoms with Crippen molar-refractivity contribution >= 4 is 29.1 Å². The van der Waals surface area contributed by atoms with Gasteiger partial charge in [-0.3, -0.25) is 9.59 Å². The molecule has 0 bridgehead atoms. The van der Waals surface area contributed by atoms with Crippen molar-refractivity contribution in [3.05, 3.63) is 16.1 Å². The van der Waals surface area contributed by atoms with Crippen LogP contribution in [0.3, 0.4) is 0 Å². The summed E-state index contributed by atoms with van der Waals surface area (Å²) in [6.45, 7) is 7.08. The van der Waals surface area contributed by atoms with Crippen LogP contribution in [-0.2, 0) is 9.59 Å². The van der Waals surface area contributed by atoms with Crippen molar-refractivity contribution in [2.45, 2.75) is 39.7 Å². The average molecular weight is 327 g/mol. The van der Waals surface area contributed by atoms with Crippen LogP contribution in [0.2, 0.25) is 0 Å². The Morgan fingerprint density at radius 1 is 1.36 bits per heavy atom. The molecular formula is C14H21N3O4S. The summed E-state index contributed by atoms with van der Waals surface area (Å²) in [6.07, 6.45) is 1.47. The Kier molecular flexibility index (Phi) is 6.48. The normalized spacial score (nSPS) is 12.0. The van der Waals surface area contributed by atoms with Gasteiger partial charge < -0.3 is 15.3 Å². The molecule has 0 aliphatic carbocycles. The zero-order chi connectivity index (χ0) is 16.9. The second-order valence-corrected chi connectivity index (χ2v) is 6.28. The topological polar surface area (TPSA) is 99.6 Å². The minimum Gasteiger partial charge on any atom is -0.480 e. The first-order valence-corrected chi connectivity index (χ1v) is 7.79. The van der Waals surface area contributed by atoms with Gasteiger partial charge in [0.1, 0.15) is 10.9 Å². The monoisotopic (exact) mass is 327 g/mol. The fourth-order valence-corrected chi connectivity index (χ4v) is 2.63. The van der Waals surface area contributed by atoms with Crippen LogP contribution in [0.25, 0.3) is 0 Å². The number of carboxylic acids is 1. The molecule has 0 aliphatic heterocycles.